The summed E-state index contributed by atoms with van der Waals surface area (Å²) in [6.45, 7) is 4.19. The van der Waals surface area contributed by atoms with Gasteiger partial charge in [-0.2, -0.15) is 0 Å². The lowest BCUT2D eigenvalue weighted by Crippen LogP contribution is -2.36. The summed E-state index contributed by atoms with van der Waals surface area (Å²) >= 11 is 0. The van der Waals surface area contributed by atoms with Crippen LogP contribution in [0.3, 0.4) is 0 Å². The molecule has 0 amide bonds. The van der Waals surface area contributed by atoms with Gasteiger partial charge in [0.1, 0.15) is 5.76 Å². The van der Waals surface area contributed by atoms with Crippen molar-refractivity contribution < 1.29 is 9.15 Å². The third-order valence-corrected chi connectivity index (χ3v) is 4.66. The van der Waals surface area contributed by atoms with E-state index in [1.807, 2.05) is 30.5 Å². The fraction of sp³-hybridized carbons (Fsp3) is 0.350. The van der Waals surface area contributed by atoms with Crippen molar-refractivity contribution in [3.63, 3.8) is 0 Å². The molecule has 0 aromatic carbocycles. The Labute approximate surface area is 147 Å². The molecule has 5 nitrogen and oxygen atoms in total. The Morgan fingerprint density at radius 1 is 1.20 bits per heavy atom. The number of pyridine rings is 1. The molecule has 0 aliphatic carbocycles. The lowest BCUT2D eigenvalue weighted by molar-refractivity contribution is 0.0894. The van der Waals surface area contributed by atoms with E-state index in [2.05, 4.69) is 32.8 Å². The van der Waals surface area contributed by atoms with Crippen LogP contribution in [0.25, 0.3) is 0 Å². The smallest absolute Gasteiger partial charge is 0.117 e. The minimum Gasteiger partial charge on any atom is -0.468 e. The monoisotopic (exact) mass is 337 g/mol. The highest BCUT2D eigenvalue weighted by molar-refractivity contribution is 5.12. The number of fused-ring (bicyclic) bond motifs is 1. The van der Waals surface area contributed by atoms with Crippen LogP contribution in [0, 0.1) is 0 Å². The van der Waals surface area contributed by atoms with Gasteiger partial charge in [0.25, 0.3) is 0 Å². The van der Waals surface area contributed by atoms with Crippen LogP contribution in [-0.2, 0) is 24.4 Å². The zero-order valence-electron chi connectivity index (χ0n) is 14.3. The second kappa shape index (κ2) is 7.68. The highest BCUT2D eigenvalue weighted by atomic mass is 16.5. The SMILES string of the molecule is c1cncc(COCC[C@H]2CN(Cc3ccco3)Cc3cccn32)c1. The number of nitrogens with zero attached hydrogens (tertiary/aromatic N) is 3. The van der Waals surface area contributed by atoms with Crippen LogP contribution in [0.15, 0.2) is 65.7 Å². The maximum atomic E-state index is 5.86. The van der Waals surface area contributed by atoms with E-state index < -0.39 is 0 Å². The van der Waals surface area contributed by atoms with Crippen LogP contribution in [0.2, 0.25) is 0 Å². The standard InChI is InChI=1S/C20H23N3O2/c1-4-17(12-21-8-1)16-24-11-7-19-14-22(15-20-6-3-10-25-20)13-18-5-2-9-23(18)19/h1-6,8-10,12,19H,7,11,13-16H2/t19-/m0/s1. The van der Waals surface area contributed by atoms with Gasteiger partial charge in [-0.1, -0.05) is 6.07 Å². The van der Waals surface area contributed by atoms with E-state index in [0.717, 1.165) is 44.0 Å². The van der Waals surface area contributed by atoms with Crippen LogP contribution in [-0.4, -0.2) is 27.6 Å². The maximum absolute atomic E-state index is 5.86. The summed E-state index contributed by atoms with van der Waals surface area (Å²) in [5.41, 5.74) is 2.47. The summed E-state index contributed by atoms with van der Waals surface area (Å²) < 4.78 is 13.8. The second-order valence-electron chi connectivity index (χ2n) is 6.51. The number of aromatic nitrogens is 2. The largest absolute Gasteiger partial charge is 0.468 e. The molecule has 0 N–H and O–H groups in total. The van der Waals surface area contributed by atoms with Gasteiger partial charge in [0.2, 0.25) is 0 Å². The van der Waals surface area contributed by atoms with Crippen LogP contribution in [0.4, 0.5) is 0 Å². The van der Waals surface area contributed by atoms with Gasteiger partial charge < -0.3 is 13.7 Å². The van der Waals surface area contributed by atoms with Crippen molar-refractivity contribution in [2.45, 2.75) is 32.2 Å². The number of hydrogen-bond donors (Lipinski definition) is 0. The Kier molecular flexibility index (Phi) is 4.95. The van der Waals surface area contributed by atoms with Gasteiger partial charge in [0, 0.05) is 50.0 Å². The minimum atomic E-state index is 0.433. The Balaban J connectivity index is 1.33. The normalized spacial score (nSPS) is 17.5. The summed E-state index contributed by atoms with van der Waals surface area (Å²) in [7, 11) is 0. The first-order valence-corrected chi connectivity index (χ1v) is 8.75. The molecule has 0 unspecified atom stereocenters. The number of ether oxygens (including phenoxy) is 1. The first-order chi connectivity index (χ1) is 12.4. The van der Waals surface area contributed by atoms with Gasteiger partial charge in [-0.15, -0.1) is 0 Å². The van der Waals surface area contributed by atoms with Crippen molar-refractivity contribution >= 4 is 0 Å². The summed E-state index contributed by atoms with van der Waals surface area (Å²) in [5.74, 6) is 1.02. The van der Waals surface area contributed by atoms with Crippen molar-refractivity contribution in [3.8, 4) is 0 Å². The average molecular weight is 337 g/mol. The molecule has 0 bridgehead atoms. The zero-order chi connectivity index (χ0) is 16.9. The number of rotatable bonds is 7. The third-order valence-electron chi connectivity index (χ3n) is 4.66. The highest BCUT2D eigenvalue weighted by Crippen LogP contribution is 2.26. The molecule has 0 saturated carbocycles. The molecule has 1 atom stereocenters. The van der Waals surface area contributed by atoms with Gasteiger partial charge in [0.05, 0.1) is 19.4 Å². The fourth-order valence-electron chi connectivity index (χ4n) is 3.47. The van der Waals surface area contributed by atoms with E-state index in [1.165, 1.54) is 5.69 Å². The molecule has 0 spiro atoms. The lowest BCUT2D eigenvalue weighted by atomic mass is 10.1. The first-order valence-electron chi connectivity index (χ1n) is 8.75. The predicted octanol–water partition coefficient (Wildman–Crippen LogP) is 3.64. The van der Waals surface area contributed by atoms with Gasteiger partial charge in [-0.3, -0.25) is 9.88 Å². The molecule has 3 aromatic heterocycles. The van der Waals surface area contributed by atoms with Crippen LogP contribution in [0.5, 0.6) is 0 Å². The molecule has 130 valence electrons. The lowest BCUT2D eigenvalue weighted by Gasteiger charge is -2.34. The zero-order valence-corrected chi connectivity index (χ0v) is 14.3. The first kappa shape index (κ1) is 16.1. The van der Waals surface area contributed by atoms with E-state index >= 15 is 0 Å². The molecule has 1 aliphatic rings. The molecular weight excluding hydrogens is 314 g/mol. The van der Waals surface area contributed by atoms with E-state index in [-0.39, 0.29) is 0 Å². The summed E-state index contributed by atoms with van der Waals surface area (Å²) in [4.78, 5) is 6.57. The van der Waals surface area contributed by atoms with Crippen molar-refractivity contribution in [3.05, 3.63) is 78.3 Å². The number of furan rings is 1. The maximum Gasteiger partial charge on any atom is 0.117 e. The molecular formula is C20H23N3O2. The van der Waals surface area contributed by atoms with Crippen molar-refractivity contribution in [2.24, 2.45) is 0 Å². The van der Waals surface area contributed by atoms with Crippen LogP contribution >= 0.6 is 0 Å². The molecule has 0 saturated heterocycles. The van der Waals surface area contributed by atoms with Gasteiger partial charge in [0.15, 0.2) is 0 Å². The van der Waals surface area contributed by atoms with Crippen molar-refractivity contribution in [1.82, 2.24) is 14.5 Å². The fourth-order valence-corrected chi connectivity index (χ4v) is 3.47. The van der Waals surface area contributed by atoms with Crippen molar-refractivity contribution in [2.75, 3.05) is 13.2 Å². The molecule has 25 heavy (non-hydrogen) atoms. The summed E-state index contributed by atoms with van der Waals surface area (Å²) in [6.07, 6.45) is 8.57. The average Bonchev–Trinajstić information content (AvgIpc) is 3.31. The van der Waals surface area contributed by atoms with Crippen molar-refractivity contribution in [1.29, 1.82) is 0 Å². The molecule has 4 rings (SSSR count). The van der Waals surface area contributed by atoms with Gasteiger partial charge in [-0.25, -0.2) is 0 Å². The topological polar surface area (TPSA) is 43.4 Å². The Hall–Kier alpha value is -2.37. The quantitative estimate of drug-likeness (QED) is 0.617. The molecule has 0 fully saturated rings. The summed E-state index contributed by atoms with van der Waals surface area (Å²) in [6, 6.07) is 12.8. The third kappa shape index (κ3) is 4.00. The molecule has 0 radical (unpaired) electrons. The van der Waals surface area contributed by atoms with Crippen LogP contribution < -0.4 is 0 Å². The molecule has 4 heterocycles. The van der Waals surface area contributed by atoms with Gasteiger partial charge in [-0.05, 0) is 42.3 Å². The highest BCUT2D eigenvalue weighted by Gasteiger charge is 2.24. The minimum absolute atomic E-state index is 0.433. The molecule has 1 aliphatic heterocycles. The van der Waals surface area contributed by atoms with E-state index in [0.29, 0.717) is 12.6 Å². The van der Waals surface area contributed by atoms with Gasteiger partial charge >= 0.3 is 0 Å². The second-order valence-corrected chi connectivity index (χ2v) is 6.51. The van der Waals surface area contributed by atoms with E-state index in [1.54, 1.807) is 12.5 Å². The van der Waals surface area contributed by atoms with E-state index in [9.17, 15) is 0 Å². The predicted molar refractivity (Wildman–Crippen MR) is 94.8 cm³/mol. The Morgan fingerprint density at radius 3 is 3.04 bits per heavy atom. The molecule has 3 aromatic rings. The Morgan fingerprint density at radius 2 is 2.20 bits per heavy atom. The summed E-state index contributed by atoms with van der Waals surface area (Å²) in [5, 5.41) is 0. The van der Waals surface area contributed by atoms with E-state index in [4.69, 9.17) is 9.15 Å². The number of hydrogen-bond acceptors (Lipinski definition) is 4. The Bertz CT molecular complexity index is 767. The van der Waals surface area contributed by atoms with Crippen LogP contribution in [0.1, 0.15) is 29.5 Å². The molecule has 5 heteroatoms.